The van der Waals surface area contributed by atoms with Crippen LogP contribution in [0.3, 0.4) is 0 Å². The number of fused-ring (bicyclic) bond motifs is 3. The SMILES string of the molecule is CC(S)C[C@@H]1CCC[C@@]2(S(=O)(=O)c3ccc(S)cc3)c3c(F)ccc(F)c3OC[C@@H]12. The zero-order valence-corrected chi connectivity index (χ0v) is 19.1. The van der Waals surface area contributed by atoms with Crippen LogP contribution in [0.2, 0.25) is 0 Å². The zero-order valence-electron chi connectivity index (χ0n) is 16.5. The van der Waals surface area contributed by atoms with Crippen LogP contribution in [0.4, 0.5) is 8.78 Å². The lowest BCUT2D eigenvalue weighted by molar-refractivity contribution is 0.0713. The van der Waals surface area contributed by atoms with Crippen LogP contribution in [0.15, 0.2) is 46.2 Å². The predicted octanol–water partition coefficient (Wildman–Crippen LogP) is 5.44. The number of ether oxygens (including phenoxy) is 1. The molecule has 30 heavy (non-hydrogen) atoms. The van der Waals surface area contributed by atoms with E-state index in [9.17, 15) is 12.8 Å². The second-order valence-electron chi connectivity index (χ2n) is 8.27. The molecule has 162 valence electrons. The normalized spacial score (nSPS) is 27.0. The largest absolute Gasteiger partial charge is 0.490 e. The summed E-state index contributed by atoms with van der Waals surface area (Å²) in [7, 11) is -4.07. The molecule has 0 spiro atoms. The summed E-state index contributed by atoms with van der Waals surface area (Å²) in [4.78, 5) is 0.708. The third-order valence-electron chi connectivity index (χ3n) is 6.45. The van der Waals surface area contributed by atoms with Crippen LogP contribution in [0.25, 0.3) is 0 Å². The summed E-state index contributed by atoms with van der Waals surface area (Å²) in [5.74, 6) is -2.29. The van der Waals surface area contributed by atoms with E-state index in [0.29, 0.717) is 17.7 Å². The van der Waals surface area contributed by atoms with E-state index in [1.807, 2.05) is 6.92 Å². The number of rotatable bonds is 4. The smallest absolute Gasteiger partial charge is 0.188 e. The Morgan fingerprint density at radius 2 is 1.83 bits per heavy atom. The molecule has 1 heterocycles. The molecule has 0 radical (unpaired) electrons. The standard InChI is InChI=1S/C22H24F2O3S3/c1-13(28)11-14-3-2-10-22(30(25,26)16-6-4-15(29)5-7-16)17(14)12-27-21-19(24)9-8-18(23)20(21)22/h4-9,13-14,17,28-29H,2-3,10-12H2,1H3/t13?,14-,17-,22-/m0/s1. The highest BCUT2D eigenvalue weighted by Gasteiger charge is 2.60. The minimum Gasteiger partial charge on any atom is -0.490 e. The molecule has 2 aliphatic rings. The van der Waals surface area contributed by atoms with Crippen molar-refractivity contribution in [2.45, 2.75) is 52.4 Å². The molecule has 0 N–H and O–H groups in total. The Labute approximate surface area is 187 Å². The number of hydrogen-bond acceptors (Lipinski definition) is 5. The molecule has 4 rings (SSSR count). The van der Waals surface area contributed by atoms with Crippen molar-refractivity contribution in [1.82, 2.24) is 0 Å². The Bertz CT molecular complexity index is 1050. The average Bonchev–Trinajstić information content (AvgIpc) is 2.70. The van der Waals surface area contributed by atoms with Gasteiger partial charge in [-0.2, -0.15) is 12.6 Å². The van der Waals surface area contributed by atoms with Crippen molar-refractivity contribution >= 4 is 35.1 Å². The Kier molecular flexibility index (Phi) is 5.87. The van der Waals surface area contributed by atoms with Gasteiger partial charge in [0.2, 0.25) is 0 Å². The van der Waals surface area contributed by atoms with E-state index in [2.05, 4.69) is 25.3 Å². The van der Waals surface area contributed by atoms with E-state index in [4.69, 9.17) is 4.74 Å². The monoisotopic (exact) mass is 470 g/mol. The van der Waals surface area contributed by atoms with Crippen LogP contribution in [0.5, 0.6) is 5.75 Å². The van der Waals surface area contributed by atoms with Gasteiger partial charge in [-0.3, -0.25) is 0 Å². The van der Waals surface area contributed by atoms with Crippen molar-refractivity contribution in [3.8, 4) is 5.75 Å². The predicted molar refractivity (Wildman–Crippen MR) is 118 cm³/mol. The van der Waals surface area contributed by atoms with Crippen molar-refractivity contribution < 1.29 is 21.9 Å². The lowest BCUT2D eigenvalue weighted by Gasteiger charge is -2.50. The summed E-state index contributed by atoms with van der Waals surface area (Å²) in [6.07, 6.45) is 2.30. The Hall–Kier alpha value is -1.25. The number of hydrogen-bond donors (Lipinski definition) is 2. The Morgan fingerprint density at radius 1 is 1.17 bits per heavy atom. The van der Waals surface area contributed by atoms with Crippen molar-refractivity contribution in [3.63, 3.8) is 0 Å². The average molecular weight is 471 g/mol. The van der Waals surface area contributed by atoms with Gasteiger partial charge in [0.05, 0.1) is 17.1 Å². The van der Waals surface area contributed by atoms with Crippen molar-refractivity contribution in [2.24, 2.45) is 11.8 Å². The number of halogens is 2. The maximum atomic E-state index is 15.2. The lowest BCUT2D eigenvalue weighted by atomic mass is 9.66. The molecule has 0 amide bonds. The molecule has 1 aliphatic carbocycles. The molecular weight excluding hydrogens is 446 g/mol. The molecule has 2 aromatic carbocycles. The fraction of sp³-hybridized carbons (Fsp3) is 0.455. The molecule has 0 saturated heterocycles. The zero-order chi connectivity index (χ0) is 21.7. The lowest BCUT2D eigenvalue weighted by Crippen LogP contribution is -2.54. The van der Waals surface area contributed by atoms with Crippen LogP contribution >= 0.6 is 25.3 Å². The third kappa shape index (κ3) is 3.35. The summed E-state index contributed by atoms with van der Waals surface area (Å²) in [6, 6.07) is 8.15. The first-order valence-electron chi connectivity index (χ1n) is 10.0. The third-order valence-corrected chi connectivity index (χ3v) is 9.52. The second kappa shape index (κ2) is 8.02. The molecular formula is C22H24F2O3S3. The molecule has 1 saturated carbocycles. The second-order valence-corrected chi connectivity index (χ2v) is 11.9. The highest BCUT2D eigenvalue weighted by Crippen LogP contribution is 2.58. The summed E-state index contributed by atoms with van der Waals surface area (Å²) < 4.78 is 62.2. The van der Waals surface area contributed by atoms with Gasteiger partial charge in [-0.1, -0.05) is 13.3 Å². The molecule has 0 aromatic heterocycles. The highest BCUT2D eigenvalue weighted by molar-refractivity contribution is 7.92. The molecule has 4 atom stereocenters. The van der Waals surface area contributed by atoms with Gasteiger partial charge in [0, 0.05) is 10.8 Å². The molecule has 3 nitrogen and oxygen atoms in total. The van der Waals surface area contributed by atoms with Gasteiger partial charge in [0.25, 0.3) is 0 Å². The quantitative estimate of drug-likeness (QED) is 0.585. The minimum absolute atomic E-state index is 0.0269. The van der Waals surface area contributed by atoms with E-state index >= 15 is 4.39 Å². The molecule has 1 fully saturated rings. The van der Waals surface area contributed by atoms with E-state index in [1.54, 1.807) is 12.1 Å². The topological polar surface area (TPSA) is 43.4 Å². The summed E-state index contributed by atoms with van der Waals surface area (Å²) in [5.41, 5.74) is -0.162. The van der Waals surface area contributed by atoms with Crippen molar-refractivity contribution in [2.75, 3.05) is 6.61 Å². The van der Waals surface area contributed by atoms with E-state index in [-0.39, 0.29) is 40.4 Å². The highest BCUT2D eigenvalue weighted by atomic mass is 32.2. The van der Waals surface area contributed by atoms with Crippen LogP contribution in [0, 0.1) is 23.5 Å². The summed E-state index contributed by atoms with van der Waals surface area (Å²) >= 11 is 8.74. The molecule has 0 bridgehead atoms. The van der Waals surface area contributed by atoms with Crippen LogP contribution < -0.4 is 4.74 Å². The first-order valence-corrected chi connectivity index (χ1v) is 12.5. The fourth-order valence-corrected chi connectivity index (χ4v) is 8.11. The van der Waals surface area contributed by atoms with Crippen LogP contribution in [-0.2, 0) is 14.6 Å². The van der Waals surface area contributed by atoms with Gasteiger partial charge in [-0.25, -0.2) is 17.2 Å². The molecule has 2 aromatic rings. The Balaban J connectivity index is 2.00. The Morgan fingerprint density at radius 3 is 2.50 bits per heavy atom. The summed E-state index contributed by atoms with van der Waals surface area (Å²) in [6.45, 7) is 1.99. The maximum absolute atomic E-state index is 15.2. The van der Waals surface area contributed by atoms with Gasteiger partial charge in [0.1, 0.15) is 10.6 Å². The van der Waals surface area contributed by atoms with Crippen molar-refractivity contribution in [1.29, 1.82) is 0 Å². The molecule has 8 heteroatoms. The minimum atomic E-state index is -4.07. The fourth-order valence-electron chi connectivity index (χ4n) is 5.24. The summed E-state index contributed by atoms with van der Waals surface area (Å²) in [5, 5.41) is 0.0516. The van der Waals surface area contributed by atoms with E-state index in [0.717, 1.165) is 18.6 Å². The van der Waals surface area contributed by atoms with Gasteiger partial charge >= 0.3 is 0 Å². The molecule has 1 unspecified atom stereocenters. The maximum Gasteiger partial charge on any atom is 0.188 e. The number of sulfone groups is 1. The van der Waals surface area contributed by atoms with E-state index in [1.165, 1.54) is 12.1 Å². The van der Waals surface area contributed by atoms with Gasteiger partial charge in [-0.05, 0) is 66.8 Å². The van der Waals surface area contributed by atoms with Gasteiger partial charge < -0.3 is 4.74 Å². The van der Waals surface area contributed by atoms with Gasteiger partial charge in [-0.15, -0.1) is 12.6 Å². The van der Waals surface area contributed by atoms with Gasteiger partial charge in [0.15, 0.2) is 21.4 Å². The first-order chi connectivity index (χ1) is 14.2. The molecule has 1 aliphatic heterocycles. The van der Waals surface area contributed by atoms with Crippen molar-refractivity contribution in [3.05, 3.63) is 53.6 Å². The van der Waals surface area contributed by atoms with E-state index < -0.39 is 32.1 Å². The first kappa shape index (κ1) is 22.0. The van der Waals surface area contributed by atoms with Crippen LogP contribution in [-0.4, -0.2) is 20.3 Å². The number of thiol groups is 2. The van der Waals surface area contributed by atoms with Crippen LogP contribution in [0.1, 0.15) is 38.2 Å². The number of benzene rings is 2.